The Kier molecular flexibility index (Phi) is 23.4. The fourth-order valence-corrected chi connectivity index (χ4v) is 4.63. The smallest absolute Gasteiger partial charge is 0.280 e. The first-order valence-corrected chi connectivity index (χ1v) is 14.5. The number of quaternary nitrogens is 2. The number of unbranched alkanes of at least 4 members (excludes halogenated alkanes) is 9. The SMILES string of the molecule is CCCCCCCCCCC[C@H]1NC(=O)[C@H](C(C)C)NC(=O)[C@H](CCCC[NH3+])NC(=O)CNC(=O)[C@@H]1[NH3+].[Cl-].[Cl-]. The summed E-state index contributed by atoms with van der Waals surface area (Å²) in [5.74, 6) is -1.71. The maximum atomic E-state index is 13.3. The summed E-state index contributed by atoms with van der Waals surface area (Å²) in [4.78, 5) is 51.7. The number of hydrogen-bond acceptors (Lipinski definition) is 4. The van der Waals surface area contributed by atoms with Crippen molar-refractivity contribution in [3.63, 3.8) is 0 Å². The maximum absolute atomic E-state index is 13.3. The summed E-state index contributed by atoms with van der Waals surface area (Å²) in [6, 6.07) is -2.78. The van der Waals surface area contributed by atoms with E-state index in [-0.39, 0.29) is 49.1 Å². The van der Waals surface area contributed by atoms with E-state index in [0.29, 0.717) is 19.3 Å². The lowest BCUT2D eigenvalue weighted by atomic mass is 9.97. The van der Waals surface area contributed by atoms with Gasteiger partial charge in [0.05, 0.1) is 19.1 Å². The van der Waals surface area contributed by atoms with Crippen molar-refractivity contribution in [3.8, 4) is 0 Å². The molecule has 0 saturated carbocycles. The number of rotatable bonds is 15. The maximum Gasteiger partial charge on any atom is 0.280 e. The average Bonchev–Trinajstić information content (AvgIpc) is 2.87. The van der Waals surface area contributed by atoms with E-state index in [0.717, 1.165) is 32.2 Å². The van der Waals surface area contributed by atoms with Crippen molar-refractivity contribution < 1.29 is 55.5 Å². The molecule has 12 heteroatoms. The second-order valence-electron chi connectivity index (χ2n) is 10.8. The highest BCUT2D eigenvalue weighted by Crippen LogP contribution is 2.13. The predicted octanol–water partition coefficient (Wildman–Crippen LogP) is -5.82. The molecule has 0 aromatic carbocycles. The molecule has 1 heterocycles. The molecule has 0 aromatic rings. The molecule has 4 atom stereocenters. The van der Waals surface area contributed by atoms with Crippen molar-refractivity contribution in [1.29, 1.82) is 0 Å². The van der Waals surface area contributed by atoms with Crippen molar-refractivity contribution in [2.45, 2.75) is 128 Å². The van der Waals surface area contributed by atoms with E-state index in [1.807, 2.05) is 13.8 Å². The Morgan fingerprint density at radius 3 is 1.87 bits per heavy atom. The first-order valence-electron chi connectivity index (χ1n) is 14.5. The van der Waals surface area contributed by atoms with E-state index in [1.165, 1.54) is 38.5 Å². The summed E-state index contributed by atoms with van der Waals surface area (Å²) >= 11 is 0. The Morgan fingerprint density at radius 2 is 1.31 bits per heavy atom. The molecule has 0 unspecified atom stereocenters. The van der Waals surface area contributed by atoms with Crippen LogP contribution in [0.1, 0.15) is 104 Å². The van der Waals surface area contributed by atoms with Crippen LogP contribution in [0.3, 0.4) is 0 Å². The molecule has 0 spiro atoms. The van der Waals surface area contributed by atoms with Gasteiger partial charge in [-0.2, -0.15) is 0 Å². The summed E-state index contributed by atoms with van der Waals surface area (Å²) < 4.78 is 0. The summed E-state index contributed by atoms with van der Waals surface area (Å²) in [7, 11) is 0. The van der Waals surface area contributed by atoms with Crippen molar-refractivity contribution >= 4 is 23.6 Å². The van der Waals surface area contributed by atoms with Crippen LogP contribution in [0.15, 0.2) is 0 Å². The van der Waals surface area contributed by atoms with Gasteiger partial charge in [0.1, 0.15) is 12.1 Å². The number of carbonyl (C=O) groups is 4. The third-order valence-corrected chi connectivity index (χ3v) is 7.08. The van der Waals surface area contributed by atoms with Crippen LogP contribution in [0.5, 0.6) is 0 Å². The van der Waals surface area contributed by atoms with Crippen LogP contribution in [-0.2, 0) is 19.2 Å². The Hall–Kier alpha value is -1.62. The van der Waals surface area contributed by atoms with E-state index in [4.69, 9.17) is 0 Å². The summed E-state index contributed by atoms with van der Waals surface area (Å²) in [6.45, 7) is 6.44. The average molecular weight is 598 g/mol. The molecule has 0 bridgehead atoms. The van der Waals surface area contributed by atoms with Crippen LogP contribution in [0.4, 0.5) is 0 Å². The van der Waals surface area contributed by atoms with E-state index < -0.39 is 36.0 Å². The van der Waals surface area contributed by atoms with Gasteiger partial charge in [0.15, 0.2) is 6.04 Å². The summed E-state index contributed by atoms with van der Waals surface area (Å²) in [6.07, 6.45) is 13.2. The standard InChI is InChI=1S/C27H52N6O4.2ClH/c1-4-5-6-7-8-9-10-11-12-15-20-23(29)26(36)30-18-22(34)31-21(16-13-14-17-28)25(35)33-24(19(2)3)27(37)32-20;;/h19-21,23-24H,4-18,28-29H2,1-3H3,(H,30,36)(H,31,34)(H,32,37)(H,33,35);2*1H/t20-,21+,23-,24+;;/m1../s1. The van der Waals surface area contributed by atoms with Crippen molar-refractivity contribution in [2.75, 3.05) is 13.1 Å². The zero-order chi connectivity index (χ0) is 27.6. The van der Waals surface area contributed by atoms with Gasteiger partial charge in [0, 0.05) is 0 Å². The first kappa shape index (κ1) is 39.5. The molecule has 1 fully saturated rings. The van der Waals surface area contributed by atoms with Crippen LogP contribution in [0, 0.1) is 5.92 Å². The zero-order valence-corrected chi connectivity index (χ0v) is 25.8. The van der Waals surface area contributed by atoms with E-state index in [9.17, 15) is 19.2 Å². The van der Waals surface area contributed by atoms with Crippen molar-refractivity contribution in [3.05, 3.63) is 0 Å². The highest BCUT2D eigenvalue weighted by Gasteiger charge is 2.35. The summed E-state index contributed by atoms with van der Waals surface area (Å²) in [5.41, 5.74) is 7.84. The molecule has 1 aliphatic heterocycles. The predicted molar refractivity (Wildman–Crippen MR) is 144 cm³/mol. The molecular formula is C27H54Cl2N6O4. The van der Waals surface area contributed by atoms with E-state index in [2.05, 4.69) is 39.7 Å². The molecule has 0 aromatic heterocycles. The zero-order valence-electron chi connectivity index (χ0n) is 24.3. The van der Waals surface area contributed by atoms with E-state index in [1.54, 1.807) is 0 Å². The lowest BCUT2D eigenvalue weighted by Gasteiger charge is -2.27. The highest BCUT2D eigenvalue weighted by molar-refractivity contribution is 5.94. The van der Waals surface area contributed by atoms with Gasteiger partial charge in [-0.3, -0.25) is 19.2 Å². The van der Waals surface area contributed by atoms with Gasteiger partial charge in [0.2, 0.25) is 17.7 Å². The second-order valence-corrected chi connectivity index (χ2v) is 10.8. The molecular weight excluding hydrogens is 543 g/mol. The fraction of sp³-hybridized carbons (Fsp3) is 0.852. The van der Waals surface area contributed by atoms with Crippen LogP contribution in [0.25, 0.3) is 0 Å². The quantitative estimate of drug-likeness (QED) is 0.103. The Labute approximate surface area is 247 Å². The molecule has 0 aliphatic carbocycles. The molecule has 1 rings (SSSR count). The molecule has 4 amide bonds. The molecule has 230 valence electrons. The molecule has 10 nitrogen and oxygen atoms in total. The van der Waals surface area contributed by atoms with Crippen molar-refractivity contribution in [1.82, 2.24) is 21.3 Å². The summed E-state index contributed by atoms with van der Waals surface area (Å²) in [5, 5.41) is 11.2. The topological polar surface area (TPSA) is 172 Å². The van der Waals surface area contributed by atoms with Gasteiger partial charge in [0.25, 0.3) is 5.91 Å². The minimum atomic E-state index is -0.779. The number of carbonyl (C=O) groups excluding carboxylic acids is 4. The van der Waals surface area contributed by atoms with Gasteiger partial charge >= 0.3 is 0 Å². The normalized spacial score (nSPS) is 22.6. The second kappa shape index (κ2) is 23.1. The minimum absolute atomic E-state index is 0. The third-order valence-electron chi connectivity index (χ3n) is 7.08. The lowest BCUT2D eigenvalue weighted by molar-refractivity contribution is -0.409. The van der Waals surface area contributed by atoms with Crippen LogP contribution in [-0.4, -0.2) is 60.9 Å². The van der Waals surface area contributed by atoms with Gasteiger partial charge in [-0.05, 0) is 31.6 Å². The van der Waals surface area contributed by atoms with E-state index >= 15 is 0 Å². The monoisotopic (exact) mass is 596 g/mol. The Bertz CT molecular complexity index is 714. The Balaban J connectivity index is 0. The van der Waals surface area contributed by atoms with Gasteiger partial charge in [-0.25, -0.2) is 0 Å². The molecule has 10 N–H and O–H groups in total. The molecule has 0 radical (unpaired) electrons. The molecule has 39 heavy (non-hydrogen) atoms. The van der Waals surface area contributed by atoms with Gasteiger partial charge in [-0.1, -0.05) is 78.6 Å². The fourth-order valence-electron chi connectivity index (χ4n) is 4.63. The highest BCUT2D eigenvalue weighted by atomic mass is 35.5. The first-order chi connectivity index (χ1) is 17.7. The molecule has 1 aliphatic rings. The molecule has 1 saturated heterocycles. The number of nitrogens with one attached hydrogen (secondary N) is 4. The lowest BCUT2D eigenvalue weighted by Crippen LogP contribution is -3.00. The minimum Gasteiger partial charge on any atom is -1.00 e. The van der Waals surface area contributed by atoms with Gasteiger partial charge in [-0.15, -0.1) is 0 Å². The Morgan fingerprint density at radius 1 is 0.744 bits per heavy atom. The number of hydrogen-bond donors (Lipinski definition) is 6. The number of halogens is 2. The third kappa shape index (κ3) is 16.3. The van der Waals surface area contributed by atoms with Crippen LogP contribution < -0.4 is 57.5 Å². The number of amides is 4. The van der Waals surface area contributed by atoms with Crippen LogP contribution in [0.2, 0.25) is 0 Å². The largest absolute Gasteiger partial charge is 1.00 e. The van der Waals surface area contributed by atoms with Crippen molar-refractivity contribution in [2.24, 2.45) is 5.92 Å². The van der Waals surface area contributed by atoms with Crippen LogP contribution >= 0.6 is 0 Å². The van der Waals surface area contributed by atoms with Gasteiger partial charge < -0.3 is 57.5 Å².